The minimum absolute atomic E-state index is 0.00105. The third-order valence-electron chi connectivity index (χ3n) is 4.40. The Hall–Kier alpha value is -3.16. The van der Waals surface area contributed by atoms with Crippen LogP contribution in [0.4, 0.5) is 11.4 Å². The monoisotopic (exact) mass is 410 g/mol. The van der Waals surface area contributed by atoms with Crippen molar-refractivity contribution < 1.29 is 18.3 Å². The van der Waals surface area contributed by atoms with E-state index in [0.29, 0.717) is 22.5 Å². The number of hydrogen-bond acceptors (Lipinski definition) is 4. The third-order valence-corrected chi connectivity index (χ3v) is 5.78. The fourth-order valence-electron chi connectivity index (χ4n) is 2.88. The molecule has 0 aliphatic heterocycles. The van der Waals surface area contributed by atoms with Crippen molar-refractivity contribution in [3.63, 3.8) is 0 Å². The summed E-state index contributed by atoms with van der Waals surface area (Å²) in [5.74, 6) is -0.426. The van der Waals surface area contributed by atoms with Crippen molar-refractivity contribution in [2.24, 2.45) is 0 Å². The van der Waals surface area contributed by atoms with Crippen molar-refractivity contribution in [1.82, 2.24) is 0 Å². The van der Waals surface area contributed by atoms with Crippen LogP contribution in [0, 0.1) is 13.8 Å². The van der Waals surface area contributed by atoms with Gasteiger partial charge in [0.1, 0.15) is 0 Å². The zero-order chi connectivity index (χ0) is 21.0. The zero-order valence-electron chi connectivity index (χ0n) is 16.1. The molecular weight excluding hydrogens is 388 g/mol. The fourth-order valence-corrected chi connectivity index (χ4v) is 3.96. The topological polar surface area (TPSA) is 95.5 Å². The predicted octanol–water partition coefficient (Wildman–Crippen LogP) is 3.85. The normalized spacial score (nSPS) is 11.1. The second-order valence-electron chi connectivity index (χ2n) is 6.76. The molecule has 0 saturated carbocycles. The Morgan fingerprint density at radius 2 is 1.66 bits per heavy atom. The van der Waals surface area contributed by atoms with E-state index in [2.05, 4.69) is 10.0 Å². The van der Waals surface area contributed by atoms with Crippen LogP contribution < -0.4 is 10.0 Å². The van der Waals surface area contributed by atoms with Gasteiger partial charge in [0, 0.05) is 16.9 Å². The quantitative estimate of drug-likeness (QED) is 0.575. The smallest absolute Gasteiger partial charge is 0.261 e. The summed E-state index contributed by atoms with van der Waals surface area (Å²) in [4.78, 5) is 12.7. The summed E-state index contributed by atoms with van der Waals surface area (Å²) in [6.45, 7) is 3.47. The molecule has 0 saturated heterocycles. The molecule has 0 aliphatic carbocycles. The summed E-state index contributed by atoms with van der Waals surface area (Å²) >= 11 is 0. The number of carbonyl (C=O) groups is 1. The van der Waals surface area contributed by atoms with Crippen LogP contribution in [-0.2, 0) is 16.6 Å². The van der Waals surface area contributed by atoms with Crippen molar-refractivity contribution >= 4 is 27.3 Å². The van der Waals surface area contributed by atoms with E-state index in [9.17, 15) is 18.3 Å². The Balaban J connectivity index is 1.87. The first-order chi connectivity index (χ1) is 13.8. The van der Waals surface area contributed by atoms with Crippen molar-refractivity contribution in [3.05, 3.63) is 89.0 Å². The first-order valence-corrected chi connectivity index (χ1v) is 10.5. The van der Waals surface area contributed by atoms with Gasteiger partial charge in [0.15, 0.2) is 0 Å². The number of aliphatic hydroxyl groups excluding tert-OH is 1. The fraction of sp³-hybridized carbons (Fsp3) is 0.136. The van der Waals surface area contributed by atoms with Crippen LogP contribution >= 0.6 is 0 Å². The Morgan fingerprint density at radius 1 is 0.931 bits per heavy atom. The van der Waals surface area contributed by atoms with Gasteiger partial charge in [-0.2, -0.15) is 0 Å². The molecule has 6 nitrogen and oxygen atoms in total. The molecule has 0 atom stereocenters. The van der Waals surface area contributed by atoms with Crippen LogP contribution in [0.5, 0.6) is 0 Å². The van der Waals surface area contributed by atoms with Gasteiger partial charge in [-0.25, -0.2) is 8.42 Å². The second kappa shape index (κ2) is 8.46. The molecule has 3 rings (SSSR count). The van der Waals surface area contributed by atoms with E-state index in [1.165, 1.54) is 12.1 Å². The predicted molar refractivity (Wildman–Crippen MR) is 113 cm³/mol. The SMILES string of the molecule is Cc1cccc(NS(=O)(=O)c2ccc(C)c(C(=O)Nc3cccc(CO)c3)c2)c1. The van der Waals surface area contributed by atoms with Gasteiger partial charge in [-0.05, 0) is 66.9 Å². The van der Waals surface area contributed by atoms with Crippen LogP contribution in [0.2, 0.25) is 0 Å². The van der Waals surface area contributed by atoms with Crippen LogP contribution in [0.1, 0.15) is 27.0 Å². The van der Waals surface area contributed by atoms with Gasteiger partial charge in [-0.3, -0.25) is 9.52 Å². The highest BCUT2D eigenvalue weighted by molar-refractivity contribution is 7.92. The summed E-state index contributed by atoms with van der Waals surface area (Å²) in [7, 11) is -3.85. The molecular formula is C22H22N2O4S. The lowest BCUT2D eigenvalue weighted by atomic mass is 10.1. The highest BCUT2D eigenvalue weighted by Gasteiger charge is 2.18. The van der Waals surface area contributed by atoms with Crippen LogP contribution in [0.25, 0.3) is 0 Å². The number of carbonyl (C=O) groups excluding carboxylic acids is 1. The molecule has 29 heavy (non-hydrogen) atoms. The maximum atomic E-state index is 12.8. The number of aliphatic hydroxyl groups is 1. The van der Waals surface area contributed by atoms with Crippen LogP contribution in [0.3, 0.4) is 0 Å². The van der Waals surface area contributed by atoms with Crippen molar-refractivity contribution in [2.45, 2.75) is 25.3 Å². The molecule has 150 valence electrons. The van der Waals surface area contributed by atoms with E-state index in [-0.39, 0.29) is 17.1 Å². The molecule has 0 spiro atoms. The Kier molecular flexibility index (Phi) is 6.00. The summed E-state index contributed by atoms with van der Waals surface area (Å²) in [6, 6.07) is 18.3. The molecule has 0 aliphatic rings. The van der Waals surface area contributed by atoms with E-state index < -0.39 is 15.9 Å². The van der Waals surface area contributed by atoms with Gasteiger partial charge in [0.2, 0.25) is 0 Å². The average molecular weight is 410 g/mol. The maximum absolute atomic E-state index is 12.8. The number of rotatable bonds is 6. The lowest BCUT2D eigenvalue weighted by Gasteiger charge is -2.12. The number of aryl methyl sites for hydroxylation is 2. The summed E-state index contributed by atoms with van der Waals surface area (Å²) < 4.78 is 28.1. The van der Waals surface area contributed by atoms with Crippen molar-refractivity contribution in [1.29, 1.82) is 0 Å². The minimum Gasteiger partial charge on any atom is -0.392 e. The number of nitrogens with one attached hydrogen (secondary N) is 2. The van der Waals surface area contributed by atoms with Gasteiger partial charge >= 0.3 is 0 Å². The molecule has 0 unspecified atom stereocenters. The number of anilines is 2. The van der Waals surface area contributed by atoms with E-state index >= 15 is 0 Å². The number of benzene rings is 3. The van der Waals surface area contributed by atoms with Crippen LogP contribution in [0.15, 0.2) is 71.6 Å². The lowest BCUT2D eigenvalue weighted by Crippen LogP contribution is -2.17. The molecule has 0 radical (unpaired) electrons. The lowest BCUT2D eigenvalue weighted by molar-refractivity contribution is 0.102. The highest BCUT2D eigenvalue weighted by atomic mass is 32.2. The molecule has 3 N–H and O–H groups in total. The van der Waals surface area contributed by atoms with Gasteiger partial charge in [-0.15, -0.1) is 0 Å². The van der Waals surface area contributed by atoms with E-state index in [1.54, 1.807) is 55.5 Å². The molecule has 7 heteroatoms. The summed E-state index contributed by atoms with van der Waals surface area (Å²) in [5.41, 5.74) is 3.48. The molecule has 0 heterocycles. The summed E-state index contributed by atoms with van der Waals surface area (Å²) in [6.07, 6.45) is 0. The number of amides is 1. The van der Waals surface area contributed by atoms with Gasteiger partial charge in [0.05, 0.1) is 11.5 Å². The van der Waals surface area contributed by atoms with E-state index in [0.717, 1.165) is 5.56 Å². The van der Waals surface area contributed by atoms with E-state index in [4.69, 9.17) is 0 Å². The van der Waals surface area contributed by atoms with Gasteiger partial charge in [-0.1, -0.05) is 30.3 Å². The van der Waals surface area contributed by atoms with Gasteiger partial charge in [0.25, 0.3) is 15.9 Å². The third kappa shape index (κ3) is 5.01. The Morgan fingerprint density at radius 3 is 2.38 bits per heavy atom. The highest BCUT2D eigenvalue weighted by Crippen LogP contribution is 2.21. The largest absolute Gasteiger partial charge is 0.392 e. The van der Waals surface area contributed by atoms with Crippen molar-refractivity contribution in [2.75, 3.05) is 10.0 Å². The molecule has 3 aromatic carbocycles. The first-order valence-electron chi connectivity index (χ1n) is 9.00. The molecule has 1 amide bonds. The first kappa shape index (κ1) is 20.6. The minimum atomic E-state index is -3.85. The maximum Gasteiger partial charge on any atom is 0.261 e. The Bertz CT molecular complexity index is 1160. The summed E-state index contributed by atoms with van der Waals surface area (Å²) in [5, 5.41) is 12.0. The molecule has 0 aromatic heterocycles. The molecule has 3 aromatic rings. The van der Waals surface area contributed by atoms with Crippen LogP contribution in [-0.4, -0.2) is 19.4 Å². The zero-order valence-corrected chi connectivity index (χ0v) is 17.0. The number of hydrogen-bond donors (Lipinski definition) is 3. The van der Waals surface area contributed by atoms with Crippen molar-refractivity contribution in [3.8, 4) is 0 Å². The standard InChI is InChI=1S/C22H22N2O4S/c1-15-5-3-8-19(11-15)24-29(27,28)20-10-9-16(2)21(13-20)22(26)23-18-7-4-6-17(12-18)14-25/h3-13,24-25H,14H2,1-2H3,(H,23,26). The van der Waals surface area contributed by atoms with Gasteiger partial charge < -0.3 is 10.4 Å². The Labute approximate surface area is 170 Å². The molecule has 0 bridgehead atoms. The average Bonchev–Trinajstić information content (AvgIpc) is 2.68. The van der Waals surface area contributed by atoms with E-state index in [1.807, 2.05) is 13.0 Å². The molecule has 0 fully saturated rings. The number of sulfonamides is 1. The second-order valence-corrected chi connectivity index (χ2v) is 8.45.